The Labute approximate surface area is 274 Å². The number of nitrogens with zero attached hydrogens (tertiary/aromatic N) is 1. The molecule has 0 unspecified atom stereocenters. The summed E-state index contributed by atoms with van der Waals surface area (Å²) in [6, 6.07) is 4.87. The predicted octanol–water partition coefficient (Wildman–Crippen LogP) is 6.88. The van der Waals surface area contributed by atoms with Crippen LogP contribution >= 0.6 is 23.2 Å². The highest BCUT2D eigenvalue weighted by Gasteiger charge is 2.49. The Morgan fingerprint density at radius 3 is 2.38 bits per heavy atom. The molecular formula is C35H43Cl2N3O5. The number of benzene rings is 1. The molecule has 3 amide bonds. The lowest BCUT2D eigenvalue weighted by atomic mass is 9.63. The normalized spacial score (nSPS) is 19.8. The van der Waals surface area contributed by atoms with Gasteiger partial charge in [-0.25, -0.2) is 0 Å². The zero-order valence-electron chi connectivity index (χ0n) is 26.3. The van der Waals surface area contributed by atoms with Gasteiger partial charge in [-0.05, 0) is 95.9 Å². The fourth-order valence-corrected chi connectivity index (χ4v) is 7.37. The number of likely N-dealkylation sites (tertiary alicyclic amines) is 1. The molecule has 5 rings (SSSR count). The number of hydrogen-bond acceptors (Lipinski definition) is 5. The molecule has 1 aromatic carbocycles. The van der Waals surface area contributed by atoms with Gasteiger partial charge < -0.3 is 20.0 Å². The molecule has 10 heteroatoms. The van der Waals surface area contributed by atoms with Crippen LogP contribution in [0.25, 0.3) is 11.0 Å². The monoisotopic (exact) mass is 655 g/mol. The molecule has 2 heterocycles. The topological polar surface area (TPSA) is 109 Å². The van der Waals surface area contributed by atoms with E-state index in [9.17, 15) is 19.2 Å². The smallest absolute Gasteiger partial charge is 0.287 e. The molecular weight excluding hydrogens is 613 g/mol. The van der Waals surface area contributed by atoms with Crippen molar-refractivity contribution >= 4 is 51.9 Å². The summed E-state index contributed by atoms with van der Waals surface area (Å²) in [4.78, 5) is 56.0. The Hall–Kier alpha value is -3.10. The first-order valence-corrected chi connectivity index (χ1v) is 16.8. The lowest BCUT2D eigenvalue weighted by Gasteiger charge is -2.48. The number of fused-ring (bicyclic) bond motifs is 1. The second-order valence-electron chi connectivity index (χ2n) is 13.8. The van der Waals surface area contributed by atoms with Crippen molar-refractivity contribution in [1.82, 2.24) is 15.5 Å². The van der Waals surface area contributed by atoms with E-state index in [2.05, 4.69) is 10.6 Å². The Morgan fingerprint density at radius 2 is 1.73 bits per heavy atom. The van der Waals surface area contributed by atoms with Crippen LogP contribution in [0.5, 0.6) is 0 Å². The van der Waals surface area contributed by atoms with Crippen LogP contribution in [0.1, 0.15) is 95.5 Å². The molecule has 1 atom stereocenters. The minimum Gasteiger partial charge on any atom is -0.451 e. The average molecular weight is 657 g/mol. The van der Waals surface area contributed by atoms with E-state index in [1.807, 2.05) is 32.9 Å². The van der Waals surface area contributed by atoms with Gasteiger partial charge in [-0.1, -0.05) is 54.1 Å². The Balaban J connectivity index is 1.37. The van der Waals surface area contributed by atoms with Crippen molar-refractivity contribution < 1.29 is 18.8 Å². The van der Waals surface area contributed by atoms with E-state index in [0.717, 1.165) is 42.4 Å². The van der Waals surface area contributed by atoms with Gasteiger partial charge in [-0.2, -0.15) is 0 Å². The maximum atomic E-state index is 14.1. The maximum Gasteiger partial charge on any atom is 0.287 e. The highest BCUT2D eigenvalue weighted by molar-refractivity contribution is 6.31. The van der Waals surface area contributed by atoms with Gasteiger partial charge in [-0.3, -0.25) is 19.2 Å². The van der Waals surface area contributed by atoms with Crippen LogP contribution in [0.2, 0.25) is 5.02 Å². The van der Waals surface area contributed by atoms with E-state index in [1.165, 1.54) is 12.5 Å². The molecule has 0 bridgehead atoms. The highest BCUT2D eigenvalue weighted by atomic mass is 35.5. The molecule has 0 spiro atoms. The van der Waals surface area contributed by atoms with Crippen LogP contribution in [0.15, 0.2) is 56.2 Å². The molecule has 2 aromatic rings. The standard InChI is InChI=1S/C35H43Cl2N3O5/c1-34(2,3)39-33(44)35(23-7-5-4-6-8-23)15-17-40(18-16-35)32(43)27(19-22-9-11-24(36)12-10-22)38-31(42)30-21-28(41)26-20-25(37)13-14-29(26)45-30/h9,11,13-14,20-21,23,27H,4-8,10,12,15-19H2,1-3H3,(H,38,42)(H,39,44)/t27-/m1/s1. The third-order valence-electron chi connectivity index (χ3n) is 9.46. The number of carbonyl (C=O) groups excluding carboxylic acids is 3. The zero-order chi connectivity index (χ0) is 32.4. The number of carbonyl (C=O) groups is 3. The average Bonchev–Trinajstić information content (AvgIpc) is 3.01. The first-order chi connectivity index (χ1) is 21.3. The summed E-state index contributed by atoms with van der Waals surface area (Å²) in [5.74, 6) is -0.667. The molecule has 45 heavy (non-hydrogen) atoms. The van der Waals surface area contributed by atoms with Crippen molar-refractivity contribution in [2.75, 3.05) is 13.1 Å². The van der Waals surface area contributed by atoms with Crippen LogP contribution in [0.3, 0.4) is 0 Å². The van der Waals surface area contributed by atoms with Crippen molar-refractivity contribution in [3.05, 3.63) is 68.0 Å². The molecule has 1 aliphatic heterocycles. The number of piperidine rings is 1. The quantitative estimate of drug-likeness (QED) is 0.338. The lowest BCUT2D eigenvalue weighted by Crippen LogP contribution is -2.58. The van der Waals surface area contributed by atoms with Crippen LogP contribution in [0.4, 0.5) is 0 Å². The molecule has 8 nitrogen and oxygen atoms in total. The van der Waals surface area contributed by atoms with Crippen molar-refractivity contribution in [2.45, 2.75) is 96.6 Å². The predicted molar refractivity (Wildman–Crippen MR) is 177 cm³/mol. The fraction of sp³-hybridized carbons (Fsp3) is 0.543. The van der Waals surface area contributed by atoms with E-state index in [1.54, 1.807) is 17.0 Å². The minimum atomic E-state index is -0.883. The van der Waals surface area contributed by atoms with Crippen molar-refractivity contribution in [2.24, 2.45) is 11.3 Å². The molecule has 1 aromatic heterocycles. The third kappa shape index (κ3) is 7.83. The van der Waals surface area contributed by atoms with Crippen molar-refractivity contribution in [3.8, 4) is 0 Å². The molecule has 2 aliphatic carbocycles. The molecule has 2 N–H and O–H groups in total. The first kappa shape index (κ1) is 33.3. The fourth-order valence-electron chi connectivity index (χ4n) is 7.04. The molecule has 242 valence electrons. The molecule has 0 radical (unpaired) electrons. The van der Waals surface area contributed by atoms with Gasteiger partial charge in [0.25, 0.3) is 5.91 Å². The highest BCUT2D eigenvalue weighted by Crippen LogP contribution is 2.46. The van der Waals surface area contributed by atoms with Gasteiger partial charge in [0.05, 0.1) is 10.8 Å². The van der Waals surface area contributed by atoms with E-state index in [0.29, 0.717) is 50.2 Å². The van der Waals surface area contributed by atoms with Gasteiger partial charge >= 0.3 is 0 Å². The first-order valence-electron chi connectivity index (χ1n) is 16.0. The van der Waals surface area contributed by atoms with Gasteiger partial charge in [0.1, 0.15) is 11.6 Å². The largest absolute Gasteiger partial charge is 0.451 e. The number of hydrogen-bond donors (Lipinski definition) is 2. The summed E-state index contributed by atoms with van der Waals surface area (Å²) < 4.78 is 5.77. The number of halogens is 2. The SMILES string of the molecule is CC(C)(C)NC(=O)C1(C2CCCCC2)CCN(C(=O)[C@@H](CC2=CC=C(Cl)CC2)NC(=O)c2cc(=O)c3cc(Cl)ccc3o2)CC1. The minimum absolute atomic E-state index is 0.0856. The van der Waals surface area contributed by atoms with E-state index < -0.39 is 22.8 Å². The summed E-state index contributed by atoms with van der Waals surface area (Å²) in [7, 11) is 0. The summed E-state index contributed by atoms with van der Waals surface area (Å²) in [6.45, 7) is 6.85. The summed E-state index contributed by atoms with van der Waals surface area (Å²) >= 11 is 12.2. The summed E-state index contributed by atoms with van der Waals surface area (Å²) in [5.41, 5.74) is -0.0428. The second-order valence-corrected chi connectivity index (χ2v) is 14.7. The molecule has 1 saturated carbocycles. The number of allylic oxidation sites excluding steroid dienone is 3. The molecule has 3 aliphatic rings. The van der Waals surface area contributed by atoms with E-state index >= 15 is 0 Å². The number of nitrogens with one attached hydrogen (secondary N) is 2. The van der Waals surface area contributed by atoms with Crippen LogP contribution < -0.4 is 16.1 Å². The summed E-state index contributed by atoms with van der Waals surface area (Å²) in [6.07, 6.45) is 12.0. The molecule has 1 saturated heterocycles. The molecule has 2 fully saturated rings. The number of rotatable bonds is 7. The third-order valence-corrected chi connectivity index (χ3v) is 10.0. The van der Waals surface area contributed by atoms with Crippen LogP contribution in [-0.2, 0) is 9.59 Å². The van der Waals surface area contributed by atoms with E-state index in [4.69, 9.17) is 27.6 Å². The van der Waals surface area contributed by atoms with Gasteiger partial charge in [0.2, 0.25) is 11.8 Å². The van der Waals surface area contributed by atoms with Gasteiger partial charge in [0, 0.05) is 34.7 Å². The lowest BCUT2D eigenvalue weighted by molar-refractivity contribution is -0.147. The van der Waals surface area contributed by atoms with Crippen LogP contribution in [-0.4, -0.2) is 47.3 Å². The van der Waals surface area contributed by atoms with Gasteiger partial charge in [0.15, 0.2) is 11.2 Å². The zero-order valence-corrected chi connectivity index (χ0v) is 27.9. The van der Waals surface area contributed by atoms with Gasteiger partial charge in [-0.15, -0.1) is 0 Å². The maximum absolute atomic E-state index is 14.1. The number of amides is 3. The Morgan fingerprint density at radius 1 is 1.02 bits per heavy atom. The van der Waals surface area contributed by atoms with Crippen molar-refractivity contribution in [1.29, 1.82) is 0 Å². The Bertz CT molecular complexity index is 1570. The second kappa shape index (κ2) is 13.7. The van der Waals surface area contributed by atoms with Crippen LogP contribution in [0, 0.1) is 11.3 Å². The van der Waals surface area contributed by atoms with Crippen molar-refractivity contribution in [3.63, 3.8) is 0 Å². The Kier molecular flexibility index (Phi) is 10.1. The van der Waals surface area contributed by atoms with E-state index in [-0.39, 0.29) is 40.0 Å². The summed E-state index contributed by atoms with van der Waals surface area (Å²) in [5, 5.41) is 7.52.